The summed E-state index contributed by atoms with van der Waals surface area (Å²) in [5, 5.41) is 3.21. The number of benzene rings is 2. The lowest BCUT2D eigenvalue weighted by Gasteiger charge is -2.15. The molecule has 8 heteroatoms. The van der Waals surface area contributed by atoms with Crippen molar-refractivity contribution in [2.24, 2.45) is 0 Å². The van der Waals surface area contributed by atoms with E-state index in [1.54, 1.807) is 43.3 Å². The number of sulfonamides is 1. The first-order valence-corrected chi connectivity index (χ1v) is 10.5. The summed E-state index contributed by atoms with van der Waals surface area (Å²) in [5.41, 5.74) is 0.790. The van der Waals surface area contributed by atoms with E-state index in [9.17, 15) is 13.2 Å². The van der Waals surface area contributed by atoms with Gasteiger partial charge in [0.2, 0.25) is 10.0 Å². The highest BCUT2D eigenvalue weighted by atomic mass is 35.5. The van der Waals surface area contributed by atoms with Gasteiger partial charge in [-0.1, -0.05) is 35.9 Å². The first-order valence-electron chi connectivity index (χ1n) is 8.65. The fourth-order valence-electron chi connectivity index (χ4n) is 2.39. The van der Waals surface area contributed by atoms with Gasteiger partial charge in [-0.25, -0.2) is 13.1 Å². The predicted molar refractivity (Wildman–Crippen MR) is 103 cm³/mol. The largest absolute Gasteiger partial charge is 0.479 e. The van der Waals surface area contributed by atoms with Gasteiger partial charge in [0, 0.05) is 12.6 Å². The normalized spacial score (nSPS) is 15.2. The van der Waals surface area contributed by atoms with Crippen LogP contribution in [0.5, 0.6) is 5.75 Å². The molecule has 0 saturated heterocycles. The molecule has 2 aromatic carbocycles. The van der Waals surface area contributed by atoms with Gasteiger partial charge in [0.25, 0.3) is 5.91 Å². The molecule has 0 aliphatic heterocycles. The van der Waals surface area contributed by atoms with Crippen molar-refractivity contribution in [3.05, 3.63) is 59.1 Å². The molecule has 0 spiro atoms. The zero-order valence-corrected chi connectivity index (χ0v) is 16.4. The fraction of sp³-hybridized carbons (Fsp3) is 0.316. The summed E-state index contributed by atoms with van der Waals surface area (Å²) in [4.78, 5) is 12.4. The number of hydrogen-bond donors (Lipinski definition) is 2. The molecule has 1 atom stereocenters. The first-order chi connectivity index (χ1) is 12.8. The number of nitrogens with one attached hydrogen (secondary N) is 2. The second-order valence-electron chi connectivity index (χ2n) is 6.45. The Kier molecular flexibility index (Phi) is 6.04. The van der Waals surface area contributed by atoms with E-state index in [4.69, 9.17) is 16.3 Å². The SMILES string of the molecule is CC(Oc1ccccc1Cl)C(=O)NCc1ccc(S(=O)(=O)NC2CC2)cc1. The standard InChI is InChI=1S/C19H21ClN2O4S/c1-13(26-18-5-3-2-4-17(18)20)19(23)21-12-14-6-10-16(11-7-14)27(24,25)22-15-8-9-15/h2-7,10-11,13,15,22H,8-9,12H2,1H3,(H,21,23). The molecule has 1 aliphatic carbocycles. The topological polar surface area (TPSA) is 84.5 Å². The Morgan fingerprint density at radius 3 is 2.48 bits per heavy atom. The van der Waals surface area contributed by atoms with Crippen molar-refractivity contribution in [3.8, 4) is 5.75 Å². The van der Waals surface area contributed by atoms with Crippen molar-refractivity contribution in [3.63, 3.8) is 0 Å². The van der Waals surface area contributed by atoms with Crippen LogP contribution in [0.15, 0.2) is 53.4 Å². The third-order valence-corrected chi connectivity index (χ3v) is 5.96. The molecule has 3 rings (SSSR count). The molecule has 0 radical (unpaired) electrons. The zero-order chi connectivity index (χ0) is 19.4. The molecule has 1 saturated carbocycles. The Bertz CT molecular complexity index is 912. The van der Waals surface area contributed by atoms with Crippen molar-refractivity contribution < 1.29 is 17.9 Å². The smallest absolute Gasteiger partial charge is 0.261 e. The molecule has 1 fully saturated rings. The van der Waals surface area contributed by atoms with E-state index in [0.717, 1.165) is 18.4 Å². The van der Waals surface area contributed by atoms with Gasteiger partial charge in [0.1, 0.15) is 5.75 Å². The summed E-state index contributed by atoms with van der Waals surface area (Å²) in [6.45, 7) is 1.91. The molecule has 1 unspecified atom stereocenters. The fourth-order valence-corrected chi connectivity index (χ4v) is 3.88. The van der Waals surface area contributed by atoms with E-state index in [2.05, 4.69) is 10.0 Å². The Balaban J connectivity index is 1.53. The minimum absolute atomic E-state index is 0.0635. The highest BCUT2D eigenvalue weighted by Crippen LogP contribution is 2.24. The lowest BCUT2D eigenvalue weighted by Crippen LogP contribution is -2.36. The number of carbonyl (C=O) groups is 1. The molecule has 1 amide bonds. The van der Waals surface area contributed by atoms with Crippen LogP contribution in [0.3, 0.4) is 0 Å². The second kappa shape index (κ2) is 8.29. The van der Waals surface area contributed by atoms with Crippen LogP contribution in [0.25, 0.3) is 0 Å². The molecule has 0 heterocycles. The van der Waals surface area contributed by atoms with Crippen LogP contribution in [0.4, 0.5) is 0 Å². The maximum Gasteiger partial charge on any atom is 0.261 e. The number of para-hydroxylation sites is 1. The summed E-state index contributed by atoms with van der Waals surface area (Å²) in [6.07, 6.45) is 1.06. The molecule has 2 N–H and O–H groups in total. The van der Waals surface area contributed by atoms with Crippen molar-refractivity contribution in [2.75, 3.05) is 0 Å². The third kappa shape index (κ3) is 5.45. The second-order valence-corrected chi connectivity index (χ2v) is 8.57. The van der Waals surface area contributed by atoms with Crippen LogP contribution < -0.4 is 14.8 Å². The summed E-state index contributed by atoms with van der Waals surface area (Å²) < 4.78 is 32.5. The zero-order valence-electron chi connectivity index (χ0n) is 14.8. The van der Waals surface area contributed by atoms with Crippen molar-refractivity contribution >= 4 is 27.5 Å². The van der Waals surface area contributed by atoms with E-state index >= 15 is 0 Å². The monoisotopic (exact) mass is 408 g/mol. The molecule has 144 valence electrons. The molecule has 0 aromatic heterocycles. The van der Waals surface area contributed by atoms with Gasteiger partial charge in [0.15, 0.2) is 6.10 Å². The number of carbonyl (C=O) groups excluding carboxylic acids is 1. The Labute approximate surface area is 163 Å². The number of rotatable bonds is 8. The van der Waals surface area contributed by atoms with E-state index in [0.29, 0.717) is 10.8 Å². The molecule has 2 aromatic rings. The average molecular weight is 409 g/mol. The minimum Gasteiger partial charge on any atom is -0.479 e. The van der Waals surface area contributed by atoms with Crippen molar-refractivity contribution in [1.82, 2.24) is 10.0 Å². The number of ether oxygens (including phenoxy) is 1. The lowest BCUT2D eigenvalue weighted by molar-refractivity contribution is -0.127. The number of hydrogen-bond acceptors (Lipinski definition) is 4. The molecule has 1 aliphatic rings. The van der Waals surface area contributed by atoms with Gasteiger partial charge in [0.05, 0.1) is 9.92 Å². The van der Waals surface area contributed by atoms with Gasteiger partial charge in [-0.15, -0.1) is 0 Å². The van der Waals surface area contributed by atoms with Gasteiger partial charge in [-0.2, -0.15) is 0 Å². The minimum atomic E-state index is -3.47. The molecular formula is C19H21ClN2O4S. The van der Waals surface area contributed by atoms with Gasteiger partial charge < -0.3 is 10.1 Å². The number of halogens is 1. The summed E-state index contributed by atoms with van der Waals surface area (Å²) in [6, 6.07) is 13.4. The van der Waals surface area contributed by atoms with E-state index in [1.165, 1.54) is 12.1 Å². The Hall–Kier alpha value is -2.09. The van der Waals surface area contributed by atoms with Crippen LogP contribution in [0.2, 0.25) is 5.02 Å². The van der Waals surface area contributed by atoms with Crippen LogP contribution >= 0.6 is 11.6 Å². The highest BCUT2D eigenvalue weighted by molar-refractivity contribution is 7.89. The maximum absolute atomic E-state index is 12.2. The summed E-state index contributed by atoms with van der Waals surface area (Å²) in [7, 11) is -3.47. The lowest BCUT2D eigenvalue weighted by atomic mass is 10.2. The van der Waals surface area contributed by atoms with E-state index in [1.807, 2.05) is 0 Å². The van der Waals surface area contributed by atoms with Gasteiger partial charge in [-0.3, -0.25) is 4.79 Å². The quantitative estimate of drug-likeness (QED) is 0.703. The third-order valence-electron chi connectivity index (χ3n) is 4.11. The highest BCUT2D eigenvalue weighted by Gasteiger charge is 2.27. The van der Waals surface area contributed by atoms with E-state index < -0.39 is 16.1 Å². The Morgan fingerprint density at radius 1 is 1.19 bits per heavy atom. The van der Waals surface area contributed by atoms with Crippen LogP contribution in [-0.4, -0.2) is 26.5 Å². The van der Waals surface area contributed by atoms with Crippen LogP contribution in [0, 0.1) is 0 Å². The Morgan fingerprint density at radius 2 is 1.85 bits per heavy atom. The first kappa shape index (κ1) is 19.7. The van der Waals surface area contributed by atoms with Gasteiger partial charge >= 0.3 is 0 Å². The molecular weight excluding hydrogens is 388 g/mol. The average Bonchev–Trinajstić information content (AvgIpc) is 3.45. The summed E-state index contributed by atoms with van der Waals surface area (Å²) in [5.74, 6) is 0.154. The predicted octanol–water partition coefficient (Wildman–Crippen LogP) is 2.86. The van der Waals surface area contributed by atoms with Crippen molar-refractivity contribution in [2.45, 2.75) is 43.4 Å². The summed E-state index contributed by atoms with van der Waals surface area (Å²) >= 11 is 6.02. The van der Waals surface area contributed by atoms with Crippen molar-refractivity contribution in [1.29, 1.82) is 0 Å². The number of amides is 1. The molecule has 27 heavy (non-hydrogen) atoms. The molecule has 0 bridgehead atoms. The van der Waals surface area contributed by atoms with Gasteiger partial charge in [-0.05, 0) is 49.6 Å². The van der Waals surface area contributed by atoms with E-state index in [-0.39, 0.29) is 23.4 Å². The molecule has 6 nitrogen and oxygen atoms in total. The van der Waals surface area contributed by atoms with Crippen LogP contribution in [-0.2, 0) is 21.4 Å². The van der Waals surface area contributed by atoms with Crippen LogP contribution in [0.1, 0.15) is 25.3 Å². The maximum atomic E-state index is 12.2.